The third kappa shape index (κ3) is 3.20. The molecule has 7 nitrogen and oxygen atoms in total. The zero-order chi connectivity index (χ0) is 14.7. The number of carbonyl (C=O) groups excluding carboxylic acids is 1. The van der Waals surface area contributed by atoms with E-state index in [1.165, 1.54) is 0 Å². The lowest BCUT2D eigenvalue weighted by molar-refractivity contribution is 0.0994. The maximum Gasteiger partial charge on any atom is 0.269 e. The van der Waals surface area contributed by atoms with Crippen molar-refractivity contribution in [3.8, 4) is 0 Å². The number of piperazine rings is 1. The molecule has 1 aromatic heterocycles. The average Bonchev–Trinajstić information content (AvgIpc) is 2.46. The fraction of sp³-hybridized carbons (Fsp3) is 0.500. The van der Waals surface area contributed by atoms with Crippen LogP contribution in [0.1, 0.15) is 17.4 Å². The molecule has 108 valence electrons. The lowest BCUT2D eigenvalue weighted by Crippen LogP contribution is -2.53. The number of anilines is 1. The van der Waals surface area contributed by atoms with Crippen molar-refractivity contribution in [3.63, 3.8) is 0 Å². The van der Waals surface area contributed by atoms with Gasteiger partial charge in [-0.15, -0.1) is 10.2 Å². The largest absolute Gasteiger partial charge is 0.392 e. The Morgan fingerprint density at radius 2 is 1.90 bits per heavy atom. The predicted octanol–water partition coefficient (Wildman–Crippen LogP) is -0.628. The fourth-order valence-electron chi connectivity index (χ4n) is 2.14. The van der Waals surface area contributed by atoms with Gasteiger partial charge in [-0.05, 0) is 19.1 Å². The summed E-state index contributed by atoms with van der Waals surface area (Å²) in [4.78, 5) is 15.8. The normalized spacial score (nSPS) is 17.8. The molecule has 0 saturated carbocycles. The molecule has 0 radical (unpaired) electrons. The van der Waals surface area contributed by atoms with Gasteiger partial charge in [0.2, 0.25) is 0 Å². The van der Waals surface area contributed by atoms with E-state index in [1.54, 1.807) is 12.1 Å². The Morgan fingerprint density at radius 3 is 2.35 bits per heavy atom. The van der Waals surface area contributed by atoms with Gasteiger partial charge in [-0.25, -0.2) is 0 Å². The van der Waals surface area contributed by atoms with Gasteiger partial charge >= 0.3 is 0 Å². The first-order chi connectivity index (χ1) is 9.49. The molecule has 1 aromatic rings. The Kier molecular flexibility index (Phi) is 4.46. The summed E-state index contributed by atoms with van der Waals surface area (Å²) >= 11 is 5.02. The predicted molar refractivity (Wildman–Crippen MR) is 80.6 cm³/mol. The molecule has 4 N–H and O–H groups in total. The minimum Gasteiger partial charge on any atom is -0.392 e. The van der Waals surface area contributed by atoms with Crippen molar-refractivity contribution in [3.05, 3.63) is 17.8 Å². The van der Waals surface area contributed by atoms with Gasteiger partial charge in [0.25, 0.3) is 5.91 Å². The number of thiocarbonyl (C=S) groups is 1. The number of carbonyl (C=O) groups is 1. The van der Waals surface area contributed by atoms with Gasteiger partial charge in [0, 0.05) is 26.2 Å². The molecule has 1 aliphatic heterocycles. The summed E-state index contributed by atoms with van der Waals surface area (Å²) in [6.07, 6.45) is 0. The van der Waals surface area contributed by atoms with E-state index in [9.17, 15) is 4.79 Å². The van der Waals surface area contributed by atoms with E-state index in [-0.39, 0.29) is 11.7 Å². The van der Waals surface area contributed by atoms with E-state index < -0.39 is 5.91 Å². The number of nitrogens with two attached hydrogens (primary N) is 2. The molecule has 1 atom stereocenters. The molecule has 1 aliphatic rings. The van der Waals surface area contributed by atoms with Crippen molar-refractivity contribution in [1.82, 2.24) is 15.1 Å². The minimum absolute atomic E-state index is 0.107. The molecule has 8 heteroatoms. The molecule has 1 fully saturated rings. The Labute approximate surface area is 122 Å². The smallest absolute Gasteiger partial charge is 0.269 e. The lowest BCUT2D eigenvalue weighted by Gasteiger charge is -2.37. The minimum atomic E-state index is -0.570. The Bertz CT molecular complexity index is 497. The van der Waals surface area contributed by atoms with E-state index in [0.717, 1.165) is 32.0 Å². The van der Waals surface area contributed by atoms with Gasteiger partial charge in [-0.1, -0.05) is 12.2 Å². The second kappa shape index (κ2) is 6.10. The highest BCUT2D eigenvalue weighted by atomic mass is 32.1. The lowest BCUT2D eigenvalue weighted by atomic mass is 10.2. The van der Waals surface area contributed by atoms with Crippen LogP contribution in [0, 0.1) is 0 Å². The van der Waals surface area contributed by atoms with Crippen molar-refractivity contribution < 1.29 is 4.79 Å². The van der Waals surface area contributed by atoms with Gasteiger partial charge in [-0.2, -0.15) is 0 Å². The number of hydrogen-bond acceptors (Lipinski definition) is 6. The molecule has 1 amide bonds. The van der Waals surface area contributed by atoms with Crippen LogP contribution < -0.4 is 16.4 Å². The second-order valence-electron chi connectivity index (χ2n) is 4.74. The standard InChI is InChI=1S/C12H18N6OS/c1-8(12(14)20)17-4-6-18(7-5-17)10-3-2-9(11(13)19)15-16-10/h2-3,8H,4-7H2,1H3,(H2,13,19)(H2,14,20). The first-order valence-electron chi connectivity index (χ1n) is 6.41. The number of primary amides is 1. The number of aromatic nitrogens is 2. The molecule has 2 heterocycles. The van der Waals surface area contributed by atoms with E-state index in [2.05, 4.69) is 20.0 Å². The van der Waals surface area contributed by atoms with Crippen molar-refractivity contribution in [1.29, 1.82) is 0 Å². The molecule has 2 rings (SSSR count). The van der Waals surface area contributed by atoms with Gasteiger partial charge in [0.15, 0.2) is 11.5 Å². The van der Waals surface area contributed by atoms with Crippen molar-refractivity contribution in [2.75, 3.05) is 31.1 Å². The molecule has 0 bridgehead atoms. The van der Waals surface area contributed by atoms with E-state index in [4.69, 9.17) is 23.7 Å². The number of amides is 1. The Hall–Kier alpha value is -1.80. The molecular formula is C12H18N6OS. The number of nitrogens with zero attached hydrogens (tertiary/aromatic N) is 4. The zero-order valence-electron chi connectivity index (χ0n) is 11.3. The molecule has 1 unspecified atom stereocenters. The first kappa shape index (κ1) is 14.6. The van der Waals surface area contributed by atoms with Crippen LogP contribution in [0.5, 0.6) is 0 Å². The van der Waals surface area contributed by atoms with Crippen LogP contribution >= 0.6 is 12.2 Å². The monoisotopic (exact) mass is 294 g/mol. The molecule has 0 aromatic carbocycles. The van der Waals surface area contributed by atoms with Crippen molar-refractivity contribution in [2.45, 2.75) is 13.0 Å². The van der Waals surface area contributed by atoms with Gasteiger partial charge in [0.1, 0.15) is 0 Å². The topological polar surface area (TPSA) is 101 Å². The van der Waals surface area contributed by atoms with Crippen LogP contribution in [0.2, 0.25) is 0 Å². The van der Waals surface area contributed by atoms with Crippen LogP contribution in [0.15, 0.2) is 12.1 Å². The summed E-state index contributed by atoms with van der Waals surface area (Å²) in [7, 11) is 0. The molecule has 0 aliphatic carbocycles. The SMILES string of the molecule is CC(C(N)=S)N1CCN(c2ccc(C(N)=O)nn2)CC1. The van der Waals surface area contributed by atoms with E-state index >= 15 is 0 Å². The summed E-state index contributed by atoms with van der Waals surface area (Å²) in [6.45, 7) is 5.37. The zero-order valence-corrected chi connectivity index (χ0v) is 12.1. The van der Waals surface area contributed by atoms with Crippen LogP contribution in [0.25, 0.3) is 0 Å². The van der Waals surface area contributed by atoms with Gasteiger partial charge < -0.3 is 16.4 Å². The van der Waals surface area contributed by atoms with E-state index in [0.29, 0.717) is 4.99 Å². The summed E-state index contributed by atoms with van der Waals surface area (Å²) < 4.78 is 0. The number of rotatable bonds is 4. The van der Waals surface area contributed by atoms with Crippen molar-refractivity contribution in [2.24, 2.45) is 11.5 Å². The summed E-state index contributed by atoms with van der Waals surface area (Å²) in [5.41, 5.74) is 11.0. The molecule has 20 heavy (non-hydrogen) atoms. The Balaban J connectivity index is 1.96. The van der Waals surface area contributed by atoms with Gasteiger partial charge in [-0.3, -0.25) is 9.69 Å². The maximum absolute atomic E-state index is 10.9. The summed E-state index contributed by atoms with van der Waals surface area (Å²) in [5, 5.41) is 7.85. The van der Waals surface area contributed by atoms with Crippen molar-refractivity contribution >= 4 is 28.9 Å². The fourth-order valence-corrected chi connectivity index (χ4v) is 2.29. The van der Waals surface area contributed by atoms with E-state index in [1.807, 2.05) is 6.92 Å². The second-order valence-corrected chi connectivity index (χ2v) is 5.21. The highest BCUT2D eigenvalue weighted by Gasteiger charge is 2.23. The van der Waals surface area contributed by atoms with Crippen LogP contribution in [-0.2, 0) is 0 Å². The van der Waals surface area contributed by atoms with Crippen LogP contribution in [0.3, 0.4) is 0 Å². The quantitative estimate of drug-likeness (QED) is 0.713. The third-order valence-electron chi connectivity index (χ3n) is 3.50. The molecule has 1 saturated heterocycles. The Morgan fingerprint density at radius 1 is 1.25 bits per heavy atom. The summed E-state index contributed by atoms with van der Waals surface area (Å²) in [5.74, 6) is 0.178. The average molecular weight is 294 g/mol. The first-order valence-corrected chi connectivity index (χ1v) is 6.81. The van der Waals surface area contributed by atoms with Gasteiger partial charge in [0.05, 0.1) is 11.0 Å². The highest BCUT2D eigenvalue weighted by Crippen LogP contribution is 2.14. The van der Waals surface area contributed by atoms with Crippen LogP contribution in [0.4, 0.5) is 5.82 Å². The molecule has 0 spiro atoms. The van der Waals surface area contributed by atoms with Crippen LogP contribution in [-0.4, -0.2) is 58.2 Å². The maximum atomic E-state index is 10.9. The highest BCUT2D eigenvalue weighted by molar-refractivity contribution is 7.80. The third-order valence-corrected chi connectivity index (χ3v) is 3.84. The molecular weight excluding hydrogens is 276 g/mol. The number of hydrogen-bond donors (Lipinski definition) is 2. The summed E-state index contributed by atoms with van der Waals surface area (Å²) in [6, 6.07) is 3.46.